The molecule has 1 aromatic carbocycles. The van der Waals surface area contributed by atoms with Crippen molar-refractivity contribution in [1.82, 2.24) is 20.6 Å². The Labute approximate surface area is 122 Å². The fourth-order valence-corrected chi connectivity index (χ4v) is 2.19. The fraction of sp³-hybridized carbons (Fsp3) is 0.267. The molecule has 6 heteroatoms. The number of nitrogens with zero attached hydrogens (tertiary/aromatic N) is 3. The summed E-state index contributed by atoms with van der Waals surface area (Å²) in [4.78, 5) is 4.08. The van der Waals surface area contributed by atoms with Gasteiger partial charge in [-0.25, -0.2) is 4.63 Å². The zero-order valence-electron chi connectivity index (χ0n) is 11.8. The highest BCUT2D eigenvalue weighted by Crippen LogP contribution is 2.14. The van der Waals surface area contributed by atoms with Crippen LogP contribution < -0.4 is 10.6 Å². The number of rotatable bonds is 6. The summed E-state index contributed by atoms with van der Waals surface area (Å²) >= 11 is 0. The van der Waals surface area contributed by atoms with Crippen LogP contribution in [0.25, 0.3) is 11.0 Å². The molecule has 0 bridgehead atoms. The number of hydrogen-bond acceptors (Lipinski definition) is 6. The second-order valence-electron chi connectivity index (χ2n) is 4.84. The van der Waals surface area contributed by atoms with Crippen molar-refractivity contribution >= 4 is 16.7 Å². The molecule has 0 saturated heterocycles. The van der Waals surface area contributed by atoms with Crippen molar-refractivity contribution in [2.75, 3.05) is 18.4 Å². The molecule has 21 heavy (non-hydrogen) atoms. The van der Waals surface area contributed by atoms with E-state index in [9.17, 15) is 0 Å². The predicted molar refractivity (Wildman–Crippen MR) is 81.0 cm³/mol. The molecule has 0 radical (unpaired) electrons. The largest absolute Gasteiger partial charge is 0.383 e. The fourth-order valence-electron chi connectivity index (χ4n) is 2.19. The molecule has 2 N–H and O–H groups in total. The van der Waals surface area contributed by atoms with Gasteiger partial charge in [0.15, 0.2) is 0 Å². The normalized spacial score (nSPS) is 10.9. The van der Waals surface area contributed by atoms with Crippen LogP contribution in [0.5, 0.6) is 0 Å². The van der Waals surface area contributed by atoms with E-state index in [1.807, 2.05) is 37.4 Å². The summed E-state index contributed by atoms with van der Waals surface area (Å²) in [6.07, 6.45) is 3.65. The van der Waals surface area contributed by atoms with Gasteiger partial charge >= 0.3 is 0 Å². The lowest BCUT2D eigenvalue weighted by Gasteiger charge is -2.09. The van der Waals surface area contributed by atoms with Crippen LogP contribution in [-0.2, 0) is 6.54 Å². The van der Waals surface area contributed by atoms with Crippen molar-refractivity contribution in [3.05, 3.63) is 47.8 Å². The second-order valence-corrected chi connectivity index (χ2v) is 4.84. The lowest BCUT2D eigenvalue weighted by Crippen LogP contribution is -2.22. The molecule has 0 saturated carbocycles. The van der Waals surface area contributed by atoms with Gasteiger partial charge in [0.05, 0.1) is 0 Å². The molecule has 2 aromatic heterocycles. The van der Waals surface area contributed by atoms with E-state index in [1.54, 1.807) is 6.20 Å². The van der Waals surface area contributed by atoms with Gasteiger partial charge in [0.1, 0.15) is 11.0 Å². The van der Waals surface area contributed by atoms with E-state index in [0.717, 1.165) is 47.5 Å². The van der Waals surface area contributed by atoms with Gasteiger partial charge < -0.3 is 10.6 Å². The number of benzene rings is 1. The molecule has 0 aliphatic rings. The van der Waals surface area contributed by atoms with Crippen molar-refractivity contribution in [3.63, 3.8) is 0 Å². The summed E-state index contributed by atoms with van der Waals surface area (Å²) < 4.78 is 4.76. The summed E-state index contributed by atoms with van der Waals surface area (Å²) in [6.45, 7) is 4.48. The topological polar surface area (TPSA) is 75.9 Å². The smallest absolute Gasteiger partial charge is 0.139 e. The zero-order chi connectivity index (χ0) is 14.5. The average Bonchev–Trinajstić information content (AvgIpc) is 2.98. The van der Waals surface area contributed by atoms with E-state index in [2.05, 4.69) is 25.9 Å². The van der Waals surface area contributed by atoms with Gasteiger partial charge in [-0.15, -0.1) is 0 Å². The number of aryl methyl sites for hydroxylation is 1. The second kappa shape index (κ2) is 6.32. The average molecular weight is 283 g/mol. The Kier molecular flexibility index (Phi) is 4.07. The van der Waals surface area contributed by atoms with Crippen molar-refractivity contribution in [2.45, 2.75) is 13.5 Å². The van der Waals surface area contributed by atoms with Gasteiger partial charge in [0.2, 0.25) is 0 Å². The minimum absolute atomic E-state index is 0.739. The van der Waals surface area contributed by atoms with Gasteiger partial charge in [-0.2, -0.15) is 0 Å². The lowest BCUT2D eigenvalue weighted by molar-refractivity contribution is 0.315. The maximum Gasteiger partial charge on any atom is 0.139 e. The third kappa shape index (κ3) is 3.17. The summed E-state index contributed by atoms with van der Waals surface area (Å²) in [5.74, 6) is 0. The molecule has 0 unspecified atom stereocenters. The highest BCUT2D eigenvalue weighted by Gasteiger charge is 2.05. The van der Waals surface area contributed by atoms with Crippen LogP contribution in [0.2, 0.25) is 0 Å². The number of nitrogens with one attached hydrogen (secondary N) is 2. The van der Waals surface area contributed by atoms with Crippen LogP contribution in [0, 0.1) is 6.92 Å². The molecule has 0 spiro atoms. The maximum absolute atomic E-state index is 4.76. The van der Waals surface area contributed by atoms with E-state index < -0.39 is 0 Å². The summed E-state index contributed by atoms with van der Waals surface area (Å²) in [6, 6.07) is 7.86. The molecule has 0 amide bonds. The van der Waals surface area contributed by atoms with Crippen molar-refractivity contribution in [2.24, 2.45) is 0 Å². The lowest BCUT2D eigenvalue weighted by atomic mass is 10.2. The minimum Gasteiger partial charge on any atom is -0.383 e. The SMILES string of the molecule is Cc1cnccc1NCCNCc1cccc2nonc12. The molecule has 0 aliphatic carbocycles. The number of fused-ring (bicyclic) bond motifs is 1. The van der Waals surface area contributed by atoms with Crippen molar-refractivity contribution in [1.29, 1.82) is 0 Å². The predicted octanol–water partition coefficient (Wildman–Crippen LogP) is 2.13. The Morgan fingerprint density at radius 3 is 3.00 bits per heavy atom. The van der Waals surface area contributed by atoms with Crippen molar-refractivity contribution < 1.29 is 4.63 Å². The molecule has 2 heterocycles. The third-order valence-corrected chi connectivity index (χ3v) is 3.32. The standard InChI is InChI=1S/C15H17N5O/c1-11-9-16-6-5-13(11)18-8-7-17-10-12-3-2-4-14-15(12)20-21-19-14/h2-6,9,17H,7-8,10H2,1H3,(H,16,18). The first kappa shape index (κ1) is 13.5. The quantitative estimate of drug-likeness (QED) is 0.675. The van der Waals surface area contributed by atoms with Gasteiger partial charge in [-0.1, -0.05) is 12.1 Å². The van der Waals surface area contributed by atoms with E-state index >= 15 is 0 Å². The highest BCUT2D eigenvalue weighted by atomic mass is 16.6. The van der Waals surface area contributed by atoms with Crippen LogP contribution in [-0.4, -0.2) is 28.4 Å². The first-order valence-electron chi connectivity index (χ1n) is 6.90. The number of aromatic nitrogens is 3. The Hall–Kier alpha value is -2.47. The molecular weight excluding hydrogens is 266 g/mol. The zero-order valence-corrected chi connectivity index (χ0v) is 11.8. The molecule has 0 fully saturated rings. The van der Waals surface area contributed by atoms with Gasteiger partial charge in [0, 0.05) is 37.7 Å². The Bertz CT molecular complexity index is 725. The van der Waals surface area contributed by atoms with Crippen LogP contribution in [0.4, 0.5) is 5.69 Å². The van der Waals surface area contributed by atoms with Gasteiger partial charge in [0.25, 0.3) is 0 Å². The maximum atomic E-state index is 4.76. The summed E-state index contributed by atoms with van der Waals surface area (Å²) in [7, 11) is 0. The van der Waals surface area contributed by atoms with E-state index in [-0.39, 0.29) is 0 Å². The van der Waals surface area contributed by atoms with E-state index in [0.29, 0.717) is 0 Å². The molecular formula is C15H17N5O. The molecule has 0 atom stereocenters. The van der Waals surface area contributed by atoms with E-state index in [4.69, 9.17) is 4.63 Å². The monoisotopic (exact) mass is 283 g/mol. The van der Waals surface area contributed by atoms with Crippen LogP contribution in [0.3, 0.4) is 0 Å². The molecule has 6 nitrogen and oxygen atoms in total. The van der Waals surface area contributed by atoms with Crippen LogP contribution in [0.15, 0.2) is 41.3 Å². The molecule has 3 rings (SSSR count). The number of anilines is 1. The Balaban J connectivity index is 1.49. The van der Waals surface area contributed by atoms with Crippen molar-refractivity contribution in [3.8, 4) is 0 Å². The molecule has 3 aromatic rings. The van der Waals surface area contributed by atoms with E-state index in [1.165, 1.54) is 0 Å². The number of pyridine rings is 1. The minimum atomic E-state index is 0.739. The van der Waals surface area contributed by atoms with Gasteiger partial charge in [-0.3, -0.25) is 4.98 Å². The first-order chi connectivity index (χ1) is 10.3. The highest BCUT2D eigenvalue weighted by molar-refractivity contribution is 5.76. The number of hydrogen-bond donors (Lipinski definition) is 2. The molecule has 0 aliphatic heterocycles. The van der Waals surface area contributed by atoms with Gasteiger partial charge in [-0.05, 0) is 40.5 Å². The van der Waals surface area contributed by atoms with Crippen LogP contribution >= 0.6 is 0 Å². The molecule has 108 valence electrons. The Morgan fingerprint density at radius 2 is 2.10 bits per heavy atom. The van der Waals surface area contributed by atoms with Crippen LogP contribution in [0.1, 0.15) is 11.1 Å². The summed E-state index contributed by atoms with van der Waals surface area (Å²) in [5.41, 5.74) is 4.97. The summed E-state index contributed by atoms with van der Waals surface area (Å²) in [5, 5.41) is 14.5. The first-order valence-corrected chi connectivity index (χ1v) is 6.90. The Morgan fingerprint density at radius 1 is 1.14 bits per heavy atom. The third-order valence-electron chi connectivity index (χ3n) is 3.32.